The van der Waals surface area contributed by atoms with Crippen molar-refractivity contribution in [3.63, 3.8) is 0 Å². The molecule has 1 aromatic heterocycles. The monoisotopic (exact) mass is 819 g/mol. The van der Waals surface area contributed by atoms with Crippen LogP contribution >= 0.6 is 0 Å². The van der Waals surface area contributed by atoms with Crippen molar-refractivity contribution in [1.82, 2.24) is 25.7 Å². The number of imide groups is 1. The number of nitrogens with one attached hydrogen (secondary N) is 6. The molecule has 0 saturated carbocycles. The molecule has 4 amide bonds. The van der Waals surface area contributed by atoms with Crippen molar-refractivity contribution in [3.8, 4) is 0 Å². The summed E-state index contributed by atoms with van der Waals surface area (Å²) in [6, 6.07) is 21.5. The van der Waals surface area contributed by atoms with Crippen LogP contribution in [-0.4, -0.2) is 103 Å². The van der Waals surface area contributed by atoms with Gasteiger partial charge in [0, 0.05) is 99.0 Å². The molecule has 60 heavy (non-hydrogen) atoms. The maximum absolute atomic E-state index is 14.0. The van der Waals surface area contributed by atoms with E-state index in [1.165, 1.54) is 12.1 Å². The lowest BCUT2D eigenvalue weighted by Gasteiger charge is -2.36. The Kier molecular flexibility index (Phi) is 12.3. The van der Waals surface area contributed by atoms with Crippen molar-refractivity contribution in [2.24, 2.45) is 0 Å². The minimum atomic E-state index is -0.651. The Balaban J connectivity index is 0.876. The van der Waals surface area contributed by atoms with E-state index in [1.807, 2.05) is 36.4 Å². The first-order valence-corrected chi connectivity index (χ1v) is 20.3. The van der Waals surface area contributed by atoms with E-state index in [4.69, 9.17) is 4.74 Å². The van der Waals surface area contributed by atoms with Crippen LogP contribution in [0.1, 0.15) is 57.5 Å². The summed E-state index contributed by atoms with van der Waals surface area (Å²) in [4.78, 5) is 55.7. The molecule has 0 spiro atoms. The van der Waals surface area contributed by atoms with Crippen LogP contribution in [0.4, 0.5) is 31.7 Å². The molecule has 8 rings (SSSR count). The summed E-state index contributed by atoms with van der Waals surface area (Å²) in [5, 5.41) is 22.9. The van der Waals surface area contributed by atoms with Crippen molar-refractivity contribution >= 4 is 57.4 Å². The molecule has 3 aliphatic heterocycles. The fraction of sp³-hybridized carbons (Fsp3) is 0.341. The Labute approximate surface area is 345 Å². The summed E-state index contributed by atoms with van der Waals surface area (Å²) < 4.78 is 33.3. The highest BCUT2D eigenvalue weighted by Gasteiger charge is 2.27. The zero-order valence-corrected chi connectivity index (χ0v) is 33.0. The van der Waals surface area contributed by atoms with Gasteiger partial charge in [0.05, 0.1) is 11.1 Å². The van der Waals surface area contributed by atoms with Crippen LogP contribution in [0.15, 0.2) is 78.9 Å². The Morgan fingerprint density at radius 1 is 0.817 bits per heavy atom. The lowest BCUT2D eigenvalue weighted by Crippen LogP contribution is -2.48. The lowest BCUT2D eigenvalue weighted by atomic mass is 10.0. The van der Waals surface area contributed by atoms with Gasteiger partial charge >= 0.3 is 0 Å². The van der Waals surface area contributed by atoms with Gasteiger partial charge in [0.2, 0.25) is 11.8 Å². The highest BCUT2D eigenvalue weighted by molar-refractivity contribution is 6.12. The smallest absolute Gasteiger partial charge is 0.259 e. The molecule has 0 bridgehead atoms. The van der Waals surface area contributed by atoms with E-state index in [2.05, 4.69) is 46.6 Å². The van der Waals surface area contributed by atoms with Crippen molar-refractivity contribution in [2.45, 2.75) is 44.2 Å². The molecule has 3 saturated heterocycles. The van der Waals surface area contributed by atoms with E-state index in [-0.39, 0.29) is 41.6 Å². The van der Waals surface area contributed by atoms with Gasteiger partial charge < -0.3 is 30.9 Å². The molecular formula is C44H47F2N9O5. The second-order valence-electron chi connectivity index (χ2n) is 15.4. The van der Waals surface area contributed by atoms with Crippen molar-refractivity contribution in [2.75, 3.05) is 73.3 Å². The van der Waals surface area contributed by atoms with Crippen LogP contribution in [0.3, 0.4) is 0 Å². The summed E-state index contributed by atoms with van der Waals surface area (Å²) >= 11 is 0. The number of anilines is 4. The zero-order chi connectivity index (χ0) is 41.6. The topological polar surface area (TPSA) is 173 Å². The van der Waals surface area contributed by atoms with Gasteiger partial charge in [-0.2, -0.15) is 5.10 Å². The van der Waals surface area contributed by atoms with Crippen LogP contribution in [0.2, 0.25) is 0 Å². The highest BCUT2D eigenvalue weighted by atomic mass is 19.1. The number of aromatic amines is 1. The van der Waals surface area contributed by atoms with E-state index in [0.717, 1.165) is 62.0 Å². The number of piperidine rings is 1. The van der Waals surface area contributed by atoms with Crippen molar-refractivity contribution in [3.05, 3.63) is 113 Å². The van der Waals surface area contributed by atoms with Gasteiger partial charge in [-0.25, -0.2) is 8.78 Å². The number of amides is 4. The molecule has 14 nitrogen and oxygen atoms in total. The van der Waals surface area contributed by atoms with E-state index < -0.39 is 23.6 Å². The average Bonchev–Trinajstić information content (AvgIpc) is 3.64. The molecule has 1 atom stereocenters. The second-order valence-corrected chi connectivity index (χ2v) is 15.4. The largest absolute Gasteiger partial charge is 0.381 e. The lowest BCUT2D eigenvalue weighted by molar-refractivity contribution is -0.133. The number of rotatable bonds is 13. The third kappa shape index (κ3) is 9.89. The second kappa shape index (κ2) is 18.3. The fourth-order valence-electron chi connectivity index (χ4n) is 7.91. The number of fused-ring (bicyclic) bond motifs is 1. The predicted octanol–water partition coefficient (Wildman–Crippen LogP) is 5.04. The number of hydrogen-bond acceptors (Lipinski definition) is 10. The number of piperazine rings is 1. The van der Waals surface area contributed by atoms with E-state index in [1.54, 1.807) is 24.3 Å². The number of carbonyl (C=O) groups excluding carboxylic acids is 4. The molecule has 0 aliphatic carbocycles. The molecule has 3 fully saturated rings. The van der Waals surface area contributed by atoms with Crippen LogP contribution < -0.4 is 31.5 Å². The molecule has 6 N–H and O–H groups in total. The molecule has 312 valence electrons. The summed E-state index contributed by atoms with van der Waals surface area (Å²) in [6.45, 7) is 5.56. The molecule has 1 unspecified atom stereocenters. The normalized spacial score (nSPS) is 17.6. The zero-order valence-electron chi connectivity index (χ0n) is 33.0. The quantitative estimate of drug-likeness (QED) is 0.0885. The number of H-pyrrole nitrogens is 1. The van der Waals surface area contributed by atoms with Gasteiger partial charge in [-0.3, -0.25) is 34.5 Å². The maximum Gasteiger partial charge on any atom is 0.259 e. The number of nitrogens with zero attached hydrogens (tertiary/aromatic N) is 3. The first kappa shape index (κ1) is 40.4. The Bertz CT molecular complexity index is 2360. The molecule has 4 heterocycles. The minimum absolute atomic E-state index is 0.0910. The maximum atomic E-state index is 14.0. The van der Waals surface area contributed by atoms with Gasteiger partial charge in [-0.05, 0) is 104 Å². The van der Waals surface area contributed by atoms with Gasteiger partial charge in [0.1, 0.15) is 17.7 Å². The number of halogens is 2. The van der Waals surface area contributed by atoms with Crippen molar-refractivity contribution < 1.29 is 32.7 Å². The summed E-state index contributed by atoms with van der Waals surface area (Å²) in [6.07, 6.45) is 2.61. The average molecular weight is 820 g/mol. The van der Waals surface area contributed by atoms with Gasteiger partial charge in [0.25, 0.3) is 11.8 Å². The van der Waals surface area contributed by atoms with Gasteiger partial charge in [0.15, 0.2) is 5.82 Å². The summed E-state index contributed by atoms with van der Waals surface area (Å²) in [5.74, 6) is -2.31. The van der Waals surface area contributed by atoms with E-state index >= 15 is 0 Å². The number of benzene rings is 4. The number of ether oxygens (including phenoxy) is 1. The molecule has 3 aliphatic rings. The molecular weight excluding hydrogens is 773 g/mol. The molecule has 0 radical (unpaired) electrons. The number of hydrogen-bond donors (Lipinski definition) is 6. The SMILES string of the molecule is O=C1CCC(Nc2ccc(N3CCN(CCNC(=O)c4ccc(NC5CCOCC5)c(C(=O)Nc5n[nH]c6ccc(Cc7cc(F)cc(F)c7)cc56)c4)CC3)cc2)C(=O)N1. The van der Waals surface area contributed by atoms with E-state index in [0.29, 0.717) is 66.9 Å². The van der Waals surface area contributed by atoms with Crippen LogP contribution in [0, 0.1) is 11.6 Å². The fourth-order valence-corrected chi connectivity index (χ4v) is 7.91. The van der Waals surface area contributed by atoms with Gasteiger partial charge in [-0.1, -0.05) is 6.07 Å². The minimum Gasteiger partial charge on any atom is -0.381 e. The van der Waals surface area contributed by atoms with Crippen LogP contribution in [0.5, 0.6) is 0 Å². The molecule has 4 aromatic carbocycles. The van der Waals surface area contributed by atoms with Crippen LogP contribution in [0.25, 0.3) is 10.9 Å². The Hall–Kier alpha value is -6.39. The molecule has 16 heteroatoms. The number of carbonyl (C=O) groups is 4. The Morgan fingerprint density at radius 2 is 1.58 bits per heavy atom. The predicted molar refractivity (Wildman–Crippen MR) is 224 cm³/mol. The summed E-state index contributed by atoms with van der Waals surface area (Å²) in [5.41, 5.74) is 5.04. The van der Waals surface area contributed by atoms with Crippen LogP contribution in [-0.2, 0) is 20.7 Å². The third-order valence-electron chi connectivity index (χ3n) is 11.2. The Morgan fingerprint density at radius 3 is 2.33 bits per heavy atom. The summed E-state index contributed by atoms with van der Waals surface area (Å²) in [7, 11) is 0. The molecule has 5 aromatic rings. The van der Waals surface area contributed by atoms with Gasteiger partial charge in [-0.15, -0.1) is 0 Å². The number of aromatic nitrogens is 2. The third-order valence-corrected chi connectivity index (χ3v) is 11.2. The standard InChI is InChI=1S/C44H47F2N9O5/c45-30-22-28(23-31(46)26-30)21-27-1-7-38-35(24-27)41(53-52-38)51-43(58)36-25-29(2-8-37(36)48-33-11-19-60-20-12-33)42(57)47-13-14-54-15-17-55(18-16-54)34-5-3-32(4-6-34)49-39-9-10-40(56)50-44(39)59/h1-8,22-26,33,39,48-49H,9-21H2,(H,47,57)(H,50,56,59)(H2,51,52,53,58). The van der Waals surface area contributed by atoms with E-state index in [9.17, 15) is 28.0 Å². The highest BCUT2D eigenvalue weighted by Crippen LogP contribution is 2.27. The first-order chi connectivity index (χ1) is 29.1. The first-order valence-electron chi connectivity index (χ1n) is 20.3. The van der Waals surface area contributed by atoms with Crippen molar-refractivity contribution in [1.29, 1.82) is 0 Å².